The number of nitrogens with zero attached hydrogens (tertiary/aromatic N) is 1. The predicted octanol–water partition coefficient (Wildman–Crippen LogP) is 2.06. The van der Waals surface area contributed by atoms with Crippen LogP contribution in [0.1, 0.15) is 18.4 Å². The summed E-state index contributed by atoms with van der Waals surface area (Å²) in [5.41, 5.74) is 0.921. The number of fused-ring (bicyclic) bond motifs is 1. The standard InChI is InChI=1S/C12H11F2NO/c13-8-3-7-4-10(16)6-15(9-1-2-9)12(7)11(14)5-8/h3,5,9H,1-2,4,6H2. The van der Waals surface area contributed by atoms with Crippen molar-refractivity contribution in [2.24, 2.45) is 0 Å². The topological polar surface area (TPSA) is 20.3 Å². The molecular weight excluding hydrogens is 212 g/mol. The van der Waals surface area contributed by atoms with Crippen molar-refractivity contribution in [3.05, 3.63) is 29.3 Å². The molecule has 0 N–H and O–H groups in total. The lowest BCUT2D eigenvalue weighted by Crippen LogP contribution is -2.38. The third kappa shape index (κ3) is 1.49. The Hall–Kier alpha value is -1.45. The molecule has 0 atom stereocenters. The third-order valence-electron chi connectivity index (χ3n) is 3.12. The van der Waals surface area contributed by atoms with Crippen molar-refractivity contribution in [1.82, 2.24) is 0 Å². The summed E-state index contributed by atoms with van der Waals surface area (Å²) >= 11 is 0. The Morgan fingerprint density at radius 1 is 1.25 bits per heavy atom. The Labute approximate surface area is 91.9 Å². The molecule has 4 heteroatoms. The molecule has 1 aromatic rings. The molecule has 0 bridgehead atoms. The van der Waals surface area contributed by atoms with Crippen molar-refractivity contribution in [3.8, 4) is 0 Å². The van der Waals surface area contributed by atoms with E-state index in [1.165, 1.54) is 6.07 Å². The van der Waals surface area contributed by atoms with Gasteiger partial charge in [-0.05, 0) is 24.5 Å². The van der Waals surface area contributed by atoms with Crippen LogP contribution in [0.3, 0.4) is 0 Å². The number of carbonyl (C=O) groups is 1. The summed E-state index contributed by atoms with van der Waals surface area (Å²) in [6.07, 6.45) is 2.13. The van der Waals surface area contributed by atoms with Crippen LogP contribution in [0.15, 0.2) is 12.1 Å². The SMILES string of the molecule is O=C1Cc2cc(F)cc(F)c2N(C2CC2)C1. The maximum Gasteiger partial charge on any atom is 0.156 e. The maximum absolute atomic E-state index is 13.7. The highest BCUT2D eigenvalue weighted by atomic mass is 19.1. The van der Waals surface area contributed by atoms with E-state index in [0.29, 0.717) is 11.3 Å². The smallest absolute Gasteiger partial charge is 0.156 e. The summed E-state index contributed by atoms with van der Waals surface area (Å²) in [5, 5.41) is 0. The van der Waals surface area contributed by atoms with Gasteiger partial charge in [-0.1, -0.05) is 0 Å². The Balaban J connectivity index is 2.12. The van der Waals surface area contributed by atoms with E-state index in [2.05, 4.69) is 0 Å². The van der Waals surface area contributed by atoms with Crippen LogP contribution in [-0.2, 0) is 11.2 Å². The monoisotopic (exact) mass is 223 g/mol. The average molecular weight is 223 g/mol. The second kappa shape index (κ2) is 3.27. The van der Waals surface area contributed by atoms with Crippen LogP contribution in [0, 0.1) is 11.6 Å². The zero-order valence-corrected chi connectivity index (χ0v) is 8.67. The van der Waals surface area contributed by atoms with Gasteiger partial charge in [0.25, 0.3) is 0 Å². The van der Waals surface area contributed by atoms with E-state index in [4.69, 9.17) is 0 Å². The maximum atomic E-state index is 13.7. The van der Waals surface area contributed by atoms with Gasteiger partial charge in [0.05, 0.1) is 12.2 Å². The summed E-state index contributed by atoms with van der Waals surface area (Å²) in [6, 6.07) is 2.43. The van der Waals surface area contributed by atoms with Gasteiger partial charge in [0.1, 0.15) is 11.6 Å². The Morgan fingerprint density at radius 2 is 2.00 bits per heavy atom. The Bertz CT molecular complexity index is 468. The predicted molar refractivity (Wildman–Crippen MR) is 55.4 cm³/mol. The molecule has 84 valence electrons. The van der Waals surface area contributed by atoms with Gasteiger partial charge in [-0.15, -0.1) is 0 Å². The van der Waals surface area contributed by atoms with E-state index in [1.54, 1.807) is 4.90 Å². The first-order valence-corrected chi connectivity index (χ1v) is 5.41. The van der Waals surface area contributed by atoms with Gasteiger partial charge in [0.15, 0.2) is 5.78 Å². The fourth-order valence-corrected chi connectivity index (χ4v) is 2.31. The van der Waals surface area contributed by atoms with Crippen LogP contribution in [0.4, 0.5) is 14.5 Å². The van der Waals surface area contributed by atoms with E-state index in [-0.39, 0.29) is 24.8 Å². The second-order valence-electron chi connectivity index (χ2n) is 4.47. The summed E-state index contributed by atoms with van der Waals surface area (Å²) in [4.78, 5) is 13.3. The van der Waals surface area contributed by atoms with Crippen LogP contribution in [0.5, 0.6) is 0 Å². The summed E-state index contributed by atoms with van der Waals surface area (Å²) < 4.78 is 26.8. The van der Waals surface area contributed by atoms with Crippen molar-refractivity contribution >= 4 is 11.5 Å². The van der Waals surface area contributed by atoms with E-state index in [0.717, 1.165) is 18.9 Å². The molecule has 0 unspecified atom stereocenters. The minimum atomic E-state index is -0.610. The molecule has 0 saturated heterocycles. The van der Waals surface area contributed by atoms with Gasteiger partial charge in [-0.2, -0.15) is 0 Å². The van der Waals surface area contributed by atoms with Gasteiger partial charge in [0.2, 0.25) is 0 Å². The van der Waals surface area contributed by atoms with E-state index >= 15 is 0 Å². The van der Waals surface area contributed by atoms with Crippen LogP contribution < -0.4 is 4.90 Å². The van der Waals surface area contributed by atoms with E-state index < -0.39 is 11.6 Å². The highest BCUT2D eigenvalue weighted by Crippen LogP contribution is 2.38. The van der Waals surface area contributed by atoms with Crippen LogP contribution >= 0.6 is 0 Å². The minimum Gasteiger partial charge on any atom is -0.359 e. The number of rotatable bonds is 1. The molecule has 1 aromatic carbocycles. The van der Waals surface area contributed by atoms with Crippen LogP contribution in [0.25, 0.3) is 0 Å². The van der Waals surface area contributed by atoms with Crippen molar-refractivity contribution in [1.29, 1.82) is 0 Å². The molecular formula is C12H11F2NO. The fourth-order valence-electron chi connectivity index (χ4n) is 2.31. The van der Waals surface area contributed by atoms with Crippen LogP contribution in [-0.4, -0.2) is 18.4 Å². The number of ketones is 1. The van der Waals surface area contributed by atoms with E-state index in [9.17, 15) is 13.6 Å². The molecule has 2 aliphatic rings. The van der Waals surface area contributed by atoms with Crippen LogP contribution in [0.2, 0.25) is 0 Å². The first kappa shape index (κ1) is 9.75. The zero-order chi connectivity index (χ0) is 11.3. The zero-order valence-electron chi connectivity index (χ0n) is 8.67. The molecule has 1 aliphatic heterocycles. The Morgan fingerprint density at radius 3 is 2.69 bits per heavy atom. The lowest BCUT2D eigenvalue weighted by Gasteiger charge is -2.30. The molecule has 2 nitrogen and oxygen atoms in total. The van der Waals surface area contributed by atoms with Gasteiger partial charge in [-0.3, -0.25) is 4.79 Å². The lowest BCUT2D eigenvalue weighted by molar-refractivity contribution is -0.117. The largest absolute Gasteiger partial charge is 0.359 e. The average Bonchev–Trinajstić information content (AvgIpc) is 2.97. The van der Waals surface area contributed by atoms with Gasteiger partial charge >= 0.3 is 0 Å². The van der Waals surface area contributed by atoms with Gasteiger partial charge in [-0.25, -0.2) is 8.78 Å². The minimum absolute atomic E-state index is 0.0319. The van der Waals surface area contributed by atoms with Gasteiger partial charge in [0, 0.05) is 18.5 Å². The highest BCUT2D eigenvalue weighted by molar-refractivity contribution is 5.90. The van der Waals surface area contributed by atoms with Crippen molar-refractivity contribution in [2.45, 2.75) is 25.3 Å². The quantitative estimate of drug-likeness (QED) is 0.726. The lowest BCUT2D eigenvalue weighted by atomic mass is 10.00. The number of carbonyl (C=O) groups excluding carboxylic acids is 1. The van der Waals surface area contributed by atoms with Crippen molar-refractivity contribution in [3.63, 3.8) is 0 Å². The molecule has 0 radical (unpaired) electrons. The number of hydrogen-bond acceptors (Lipinski definition) is 2. The number of anilines is 1. The molecule has 0 spiro atoms. The number of hydrogen-bond donors (Lipinski definition) is 0. The van der Waals surface area contributed by atoms with Crippen molar-refractivity contribution < 1.29 is 13.6 Å². The third-order valence-corrected chi connectivity index (χ3v) is 3.12. The highest BCUT2D eigenvalue weighted by Gasteiger charge is 2.36. The first-order chi connectivity index (χ1) is 7.65. The molecule has 16 heavy (non-hydrogen) atoms. The molecule has 1 saturated carbocycles. The molecule has 0 aromatic heterocycles. The molecule has 1 fully saturated rings. The molecule has 3 rings (SSSR count). The van der Waals surface area contributed by atoms with Crippen molar-refractivity contribution in [2.75, 3.05) is 11.4 Å². The summed E-state index contributed by atoms with van der Waals surface area (Å²) in [7, 11) is 0. The molecule has 1 heterocycles. The van der Waals surface area contributed by atoms with E-state index in [1.807, 2.05) is 0 Å². The molecule has 1 aliphatic carbocycles. The normalized spacial score (nSPS) is 19.9. The van der Waals surface area contributed by atoms with Gasteiger partial charge < -0.3 is 4.90 Å². The second-order valence-corrected chi connectivity index (χ2v) is 4.47. The summed E-state index contributed by atoms with van der Waals surface area (Å²) in [6.45, 7) is 0.264. The summed E-state index contributed by atoms with van der Waals surface area (Å²) in [5.74, 6) is -1.12. The first-order valence-electron chi connectivity index (χ1n) is 5.41. The molecule has 0 amide bonds. The Kier molecular flexibility index (Phi) is 1.99. The fraction of sp³-hybridized carbons (Fsp3) is 0.417. The number of halogens is 2. The number of Topliss-reactive ketones (excluding diaryl/α,β-unsaturated/α-hetero) is 1. The number of benzene rings is 1.